The molecule has 2 N–H and O–H groups in total. The predicted molar refractivity (Wildman–Crippen MR) is 97.0 cm³/mol. The summed E-state index contributed by atoms with van der Waals surface area (Å²) in [5.74, 6) is 0.858. The minimum absolute atomic E-state index is 0.186. The molecule has 7 heteroatoms. The van der Waals surface area contributed by atoms with Crippen molar-refractivity contribution in [1.29, 1.82) is 0 Å². The van der Waals surface area contributed by atoms with Gasteiger partial charge in [0.1, 0.15) is 11.8 Å². The van der Waals surface area contributed by atoms with Crippen LogP contribution < -0.4 is 10.2 Å². The van der Waals surface area contributed by atoms with Crippen LogP contribution in [0.4, 0.5) is 11.5 Å². The van der Waals surface area contributed by atoms with Crippen molar-refractivity contribution in [3.63, 3.8) is 0 Å². The van der Waals surface area contributed by atoms with Crippen LogP contribution in [0, 0.1) is 0 Å². The van der Waals surface area contributed by atoms with E-state index in [1.807, 2.05) is 37.8 Å². The van der Waals surface area contributed by atoms with Gasteiger partial charge in [-0.2, -0.15) is 0 Å². The SMILES string of the molecule is CC(C)(C)c1cc(NC(=O)C2CC(O)CN2c2ccc(Cl)cc2)no1. The summed E-state index contributed by atoms with van der Waals surface area (Å²) >= 11 is 5.93. The van der Waals surface area contributed by atoms with Crippen LogP contribution in [-0.2, 0) is 10.2 Å². The van der Waals surface area contributed by atoms with E-state index < -0.39 is 12.1 Å². The number of carbonyl (C=O) groups is 1. The first-order chi connectivity index (χ1) is 11.7. The Morgan fingerprint density at radius 3 is 2.64 bits per heavy atom. The van der Waals surface area contributed by atoms with Crippen LogP contribution in [0.3, 0.4) is 0 Å². The van der Waals surface area contributed by atoms with Crippen molar-refractivity contribution < 1.29 is 14.4 Å². The van der Waals surface area contributed by atoms with Gasteiger partial charge in [0, 0.05) is 35.2 Å². The molecule has 0 spiro atoms. The number of nitrogens with zero attached hydrogens (tertiary/aromatic N) is 2. The number of rotatable bonds is 3. The van der Waals surface area contributed by atoms with Gasteiger partial charge in [-0.1, -0.05) is 37.5 Å². The summed E-state index contributed by atoms with van der Waals surface area (Å²) in [6.45, 7) is 6.42. The molecule has 1 saturated heterocycles. The van der Waals surface area contributed by atoms with Gasteiger partial charge in [0.15, 0.2) is 5.82 Å². The van der Waals surface area contributed by atoms with Gasteiger partial charge >= 0.3 is 0 Å². The van der Waals surface area contributed by atoms with E-state index in [2.05, 4.69) is 10.5 Å². The van der Waals surface area contributed by atoms with Gasteiger partial charge < -0.3 is 19.8 Å². The monoisotopic (exact) mass is 363 g/mol. The van der Waals surface area contributed by atoms with E-state index in [0.717, 1.165) is 5.69 Å². The predicted octanol–water partition coefficient (Wildman–Crippen LogP) is 3.20. The third-order valence-corrected chi connectivity index (χ3v) is 4.49. The van der Waals surface area contributed by atoms with Crippen LogP contribution >= 0.6 is 11.6 Å². The molecule has 1 aromatic carbocycles. The first kappa shape index (κ1) is 17.8. The maximum Gasteiger partial charge on any atom is 0.248 e. The third kappa shape index (κ3) is 3.96. The van der Waals surface area contributed by atoms with E-state index >= 15 is 0 Å². The summed E-state index contributed by atoms with van der Waals surface area (Å²) in [5.41, 5.74) is 0.658. The molecule has 2 aromatic rings. The molecule has 1 aromatic heterocycles. The van der Waals surface area contributed by atoms with Crippen LogP contribution in [-0.4, -0.2) is 34.9 Å². The fraction of sp³-hybridized carbons (Fsp3) is 0.444. The van der Waals surface area contributed by atoms with Gasteiger partial charge in [-0.15, -0.1) is 0 Å². The molecule has 134 valence electrons. The molecule has 1 aliphatic rings. The lowest BCUT2D eigenvalue weighted by atomic mass is 9.93. The number of amides is 1. The minimum Gasteiger partial charge on any atom is -0.391 e. The Bertz CT molecular complexity index is 752. The van der Waals surface area contributed by atoms with Crippen LogP contribution in [0.15, 0.2) is 34.9 Å². The Balaban J connectivity index is 1.75. The van der Waals surface area contributed by atoms with E-state index in [4.69, 9.17) is 16.1 Å². The Hall–Kier alpha value is -2.05. The maximum absolute atomic E-state index is 12.7. The quantitative estimate of drug-likeness (QED) is 0.875. The van der Waals surface area contributed by atoms with Gasteiger partial charge in [0.25, 0.3) is 0 Å². The molecular formula is C18H22ClN3O3. The number of hydrogen-bond donors (Lipinski definition) is 2. The zero-order valence-electron chi connectivity index (χ0n) is 14.5. The number of anilines is 2. The lowest BCUT2D eigenvalue weighted by Gasteiger charge is -2.25. The molecule has 3 rings (SSSR count). The van der Waals surface area contributed by atoms with Gasteiger partial charge in [-0.05, 0) is 24.3 Å². The van der Waals surface area contributed by atoms with Gasteiger partial charge in [0.2, 0.25) is 5.91 Å². The summed E-state index contributed by atoms with van der Waals surface area (Å²) in [5, 5.41) is 17.4. The Labute approximate surface area is 151 Å². The van der Waals surface area contributed by atoms with Gasteiger partial charge in [-0.25, -0.2) is 0 Å². The fourth-order valence-corrected chi connectivity index (χ4v) is 3.00. The molecule has 0 radical (unpaired) electrons. The zero-order chi connectivity index (χ0) is 18.2. The van der Waals surface area contributed by atoms with E-state index in [9.17, 15) is 9.90 Å². The zero-order valence-corrected chi connectivity index (χ0v) is 15.2. The lowest BCUT2D eigenvalue weighted by Crippen LogP contribution is -2.39. The number of benzene rings is 1. The normalized spacial score (nSPS) is 20.8. The van der Waals surface area contributed by atoms with Crippen molar-refractivity contribution in [2.45, 2.75) is 44.8 Å². The molecule has 1 amide bonds. The highest BCUT2D eigenvalue weighted by molar-refractivity contribution is 6.30. The van der Waals surface area contributed by atoms with Crippen LogP contribution in [0.5, 0.6) is 0 Å². The van der Waals surface area contributed by atoms with Crippen molar-refractivity contribution in [2.75, 3.05) is 16.8 Å². The fourth-order valence-electron chi connectivity index (χ4n) is 2.88. The number of hydrogen-bond acceptors (Lipinski definition) is 5. The molecule has 6 nitrogen and oxygen atoms in total. The van der Waals surface area contributed by atoms with Gasteiger partial charge in [0.05, 0.1) is 6.10 Å². The van der Waals surface area contributed by atoms with Crippen LogP contribution in [0.1, 0.15) is 33.0 Å². The standard InChI is InChI=1S/C18H22ClN3O3/c1-18(2,3)15-9-16(21-25-15)20-17(24)14-8-13(23)10-22(14)12-6-4-11(19)5-7-12/h4-7,9,13-14,23H,8,10H2,1-3H3,(H,20,21,24). The summed E-state index contributed by atoms with van der Waals surface area (Å²) in [6.07, 6.45) is -0.202. The first-order valence-corrected chi connectivity index (χ1v) is 8.60. The molecular weight excluding hydrogens is 342 g/mol. The molecule has 0 bridgehead atoms. The number of carbonyl (C=O) groups excluding carboxylic acids is 1. The topological polar surface area (TPSA) is 78.6 Å². The second-order valence-corrected chi connectivity index (χ2v) is 7.79. The number of halogens is 1. The van der Waals surface area contributed by atoms with Crippen molar-refractivity contribution in [3.05, 3.63) is 41.1 Å². The average molecular weight is 364 g/mol. The number of aliphatic hydroxyl groups is 1. The molecule has 1 fully saturated rings. The van der Waals surface area contributed by atoms with Crippen molar-refractivity contribution in [3.8, 4) is 0 Å². The molecule has 1 aliphatic heterocycles. The summed E-state index contributed by atoms with van der Waals surface area (Å²) in [6, 6.07) is 8.47. The van der Waals surface area contributed by atoms with E-state index in [0.29, 0.717) is 29.6 Å². The molecule has 2 unspecified atom stereocenters. The smallest absolute Gasteiger partial charge is 0.248 e. The Morgan fingerprint density at radius 1 is 1.36 bits per heavy atom. The Morgan fingerprint density at radius 2 is 2.04 bits per heavy atom. The Kier molecular flexibility index (Phi) is 4.75. The van der Waals surface area contributed by atoms with E-state index in [1.54, 1.807) is 18.2 Å². The lowest BCUT2D eigenvalue weighted by molar-refractivity contribution is -0.117. The molecule has 0 saturated carbocycles. The minimum atomic E-state index is -0.561. The highest BCUT2D eigenvalue weighted by Crippen LogP contribution is 2.29. The second-order valence-electron chi connectivity index (χ2n) is 7.35. The maximum atomic E-state index is 12.7. The summed E-state index contributed by atoms with van der Waals surface area (Å²) in [4.78, 5) is 14.6. The average Bonchev–Trinajstić information content (AvgIpc) is 3.14. The first-order valence-electron chi connectivity index (χ1n) is 8.22. The second kappa shape index (κ2) is 6.69. The highest BCUT2D eigenvalue weighted by Gasteiger charge is 2.36. The molecule has 0 aliphatic carbocycles. The number of aliphatic hydroxyl groups excluding tert-OH is 1. The van der Waals surface area contributed by atoms with Crippen molar-refractivity contribution in [2.24, 2.45) is 0 Å². The van der Waals surface area contributed by atoms with Crippen molar-refractivity contribution >= 4 is 29.0 Å². The van der Waals surface area contributed by atoms with E-state index in [-0.39, 0.29) is 11.3 Å². The van der Waals surface area contributed by atoms with Crippen LogP contribution in [0.2, 0.25) is 5.02 Å². The largest absolute Gasteiger partial charge is 0.391 e. The number of β-amino-alcohol motifs (C(OH)–C–C–N with tert-alkyl or cyclic N) is 1. The number of nitrogens with one attached hydrogen (secondary N) is 1. The van der Waals surface area contributed by atoms with Crippen molar-refractivity contribution in [1.82, 2.24) is 5.16 Å². The number of aromatic nitrogens is 1. The summed E-state index contributed by atoms with van der Waals surface area (Å²) in [7, 11) is 0. The third-order valence-electron chi connectivity index (χ3n) is 4.24. The highest BCUT2D eigenvalue weighted by atomic mass is 35.5. The van der Waals surface area contributed by atoms with Gasteiger partial charge in [-0.3, -0.25) is 4.79 Å². The van der Waals surface area contributed by atoms with E-state index in [1.165, 1.54) is 0 Å². The molecule has 2 atom stereocenters. The molecule has 2 heterocycles. The van der Waals surface area contributed by atoms with Crippen LogP contribution in [0.25, 0.3) is 0 Å². The summed E-state index contributed by atoms with van der Waals surface area (Å²) < 4.78 is 5.30. The molecule has 25 heavy (non-hydrogen) atoms.